The molecule has 0 bridgehead atoms. The van der Waals surface area contributed by atoms with Crippen LogP contribution in [0.15, 0.2) is 72.8 Å². The van der Waals surface area contributed by atoms with Gasteiger partial charge in [0.25, 0.3) is 0 Å². The molecule has 33 heavy (non-hydrogen) atoms. The molecule has 1 unspecified atom stereocenters. The first-order valence-electron chi connectivity index (χ1n) is 11.3. The topological polar surface area (TPSA) is 66.8 Å². The van der Waals surface area contributed by atoms with E-state index in [1.54, 1.807) is 0 Å². The summed E-state index contributed by atoms with van der Waals surface area (Å²) in [6.07, 6.45) is -0.406. The van der Waals surface area contributed by atoms with Gasteiger partial charge in [0, 0.05) is 19.4 Å². The summed E-state index contributed by atoms with van der Waals surface area (Å²) in [6, 6.07) is 23.0. The molecule has 1 aliphatic rings. The van der Waals surface area contributed by atoms with Gasteiger partial charge in [-0.15, -0.1) is 0 Å². The zero-order valence-electron chi connectivity index (χ0n) is 19.2. The Kier molecular flexibility index (Phi) is 6.50. The lowest BCUT2D eigenvalue weighted by Crippen LogP contribution is -2.44. The molecule has 1 aliphatic carbocycles. The third kappa shape index (κ3) is 4.49. The predicted octanol–water partition coefficient (Wildman–Crippen LogP) is 5.69. The summed E-state index contributed by atoms with van der Waals surface area (Å²) in [5.41, 5.74) is 6.56. The molecule has 170 valence electrons. The fourth-order valence-electron chi connectivity index (χ4n) is 4.70. The Bertz CT molecular complexity index is 1120. The first-order chi connectivity index (χ1) is 15.9. The third-order valence-corrected chi connectivity index (χ3v) is 6.47. The van der Waals surface area contributed by atoms with Crippen LogP contribution in [0, 0.1) is 0 Å². The van der Waals surface area contributed by atoms with Gasteiger partial charge in [0.2, 0.25) is 0 Å². The molecule has 0 aromatic heterocycles. The van der Waals surface area contributed by atoms with Crippen LogP contribution in [0.2, 0.25) is 0 Å². The monoisotopic (exact) mass is 443 g/mol. The van der Waals surface area contributed by atoms with Crippen LogP contribution in [-0.2, 0) is 16.0 Å². The average Bonchev–Trinajstić information content (AvgIpc) is 3.14. The van der Waals surface area contributed by atoms with Crippen LogP contribution in [0.1, 0.15) is 47.9 Å². The van der Waals surface area contributed by atoms with Crippen molar-refractivity contribution in [3.8, 4) is 11.1 Å². The van der Waals surface area contributed by atoms with Crippen molar-refractivity contribution in [2.45, 2.75) is 38.1 Å². The van der Waals surface area contributed by atoms with Crippen molar-refractivity contribution in [1.82, 2.24) is 4.90 Å². The lowest BCUT2D eigenvalue weighted by Gasteiger charge is -2.26. The zero-order valence-corrected chi connectivity index (χ0v) is 19.2. The summed E-state index contributed by atoms with van der Waals surface area (Å²) in [5.74, 6) is -0.861. The summed E-state index contributed by atoms with van der Waals surface area (Å²) in [5, 5.41) is 9.87. The van der Waals surface area contributed by atoms with Crippen LogP contribution in [0.3, 0.4) is 0 Å². The summed E-state index contributed by atoms with van der Waals surface area (Å²) >= 11 is 0. The van der Waals surface area contributed by atoms with Crippen LogP contribution < -0.4 is 0 Å². The second-order valence-electron chi connectivity index (χ2n) is 8.83. The van der Waals surface area contributed by atoms with Gasteiger partial charge < -0.3 is 9.84 Å². The maximum atomic E-state index is 12.9. The summed E-state index contributed by atoms with van der Waals surface area (Å²) < 4.78 is 5.67. The number of carbonyl (C=O) groups excluding carboxylic acids is 1. The summed E-state index contributed by atoms with van der Waals surface area (Å²) in [7, 11) is 1.50. The van der Waals surface area contributed by atoms with E-state index in [0.29, 0.717) is 0 Å². The Labute approximate surface area is 194 Å². The van der Waals surface area contributed by atoms with Gasteiger partial charge in [-0.05, 0) is 39.3 Å². The highest BCUT2D eigenvalue weighted by atomic mass is 16.6. The van der Waals surface area contributed by atoms with E-state index in [0.717, 1.165) is 33.4 Å². The van der Waals surface area contributed by atoms with Crippen molar-refractivity contribution in [1.29, 1.82) is 0 Å². The van der Waals surface area contributed by atoms with E-state index in [-0.39, 0.29) is 24.9 Å². The highest BCUT2D eigenvalue weighted by molar-refractivity contribution is 5.81. The number of benzene rings is 3. The van der Waals surface area contributed by atoms with Crippen LogP contribution >= 0.6 is 0 Å². The normalized spacial score (nSPS) is 13.3. The van der Waals surface area contributed by atoms with Crippen LogP contribution in [-0.4, -0.2) is 41.8 Å². The lowest BCUT2D eigenvalue weighted by molar-refractivity contribution is -0.142. The largest absolute Gasteiger partial charge is 0.480 e. The fraction of sp³-hybridized carbons (Fsp3) is 0.286. The highest BCUT2D eigenvalue weighted by Crippen LogP contribution is 2.44. The number of likely N-dealkylation sites (N-methyl/N-ethyl adjacent to an activating group) is 1. The van der Waals surface area contributed by atoms with Crippen LogP contribution in [0.5, 0.6) is 0 Å². The molecule has 4 rings (SSSR count). The smallest absolute Gasteiger partial charge is 0.410 e. The highest BCUT2D eigenvalue weighted by Gasteiger charge is 2.32. The molecule has 3 aromatic rings. The lowest BCUT2D eigenvalue weighted by atomic mass is 9.93. The number of hydrogen-bond donors (Lipinski definition) is 1. The molecule has 5 nitrogen and oxygen atoms in total. The molecule has 1 amide bonds. The number of rotatable bonds is 7. The van der Waals surface area contributed by atoms with Gasteiger partial charge in [0.05, 0.1) is 0 Å². The maximum Gasteiger partial charge on any atom is 0.410 e. The molecule has 0 aliphatic heterocycles. The molecule has 0 saturated heterocycles. The SMILES string of the molecule is CC(C)c1ccccc1CC(C(=O)O)N(C)C(=O)OCC1c2ccccc2-c2ccccc21. The van der Waals surface area contributed by atoms with Crippen molar-refractivity contribution < 1.29 is 19.4 Å². The number of amides is 1. The van der Waals surface area contributed by atoms with Gasteiger partial charge in [-0.25, -0.2) is 9.59 Å². The summed E-state index contributed by atoms with van der Waals surface area (Å²) in [6.45, 7) is 4.31. The molecule has 0 saturated carbocycles. The number of carboxylic acids is 1. The van der Waals surface area contributed by atoms with Gasteiger partial charge >= 0.3 is 12.1 Å². The average molecular weight is 444 g/mol. The number of nitrogens with zero attached hydrogens (tertiary/aromatic N) is 1. The minimum atomic E-state index is -1.05. The van der Waals surface area contributed by atoms with E-state index in [9.17, 15) is 14.7 Å². The molecule has 0 heterocycles. The molecule has 5 heteroatoms. The number of hydrogen-bond acceptors (Lipinski definition) is 3. The molecule has 3 aromatic carbocycles. The van der Waals surface area contributed by atoms with Crippen molar-refractivity contribution in [2.75, 3.05) is 13.7 Å². The number of carbonyl (C=O) groups is 2. The van der Waals surface area contributed by atoms with Crippen LogP contribution in [0.25, 0.3) is 11.1 Å². The van der Waals surface area contributed by atoms with E-state index in [2.05, 4.69) is 38.1 Å². The Balaban J connectivity index is 1.50. The molecular weight excluding hydrogens is 414 g/mol. The fourth-order valence-corrected chi connectivity index (χ4v) is 4.70. The van der Waals surface area contributed by atoms with E-state index in [1.807, 2.05) is 48.5 Å². The number of aliphatic carboxylic acids is 1. The Morgan fingerprint density at radius 1 is 0.909 bits per heavy atom. The number of ether oxygens (including phenoxy) is 1. The van der Waals surface area contributed by atoms with Crippen molar-refractivity contribution >= 4 is 12.1 Å². The minimum absolute atomic E-state index is 0.0697. The Morgan fingerprint density at radius 3 is 2.03 bits per heavy atom. The maximum absolute atomic E-state index is 12.9. The third-order valence-electron chi connectivity index (χ3n) is 6.47. The van der Waals surface area contributed by atoms with E-state index < -0.39 is 18.1 Å². The van der Waals surface area contributed by atoms with Gasteiger partial charge in [-0.3, -0.25) is 4.90 Å². The first-order valence-corrected chi connectivity index (χ1v) is 11.3. The second kappa shape index (κ2) is 9.49. The van der Waals surface area contributed by atoms with Crippen molar-refractivity contribution in [3.63, 3.8) is 0 Å². The molecule has 1 atom stereocenters. The molecule has 1 N–H and O–H groups in total. The minimum Gasteiger partial charge on any atom is -0.480 e. The van der Waals surface area contributed by atoms with E-state index in [4.69, 9.17) is 4.74 Å². The van der Waals surface area contributed by atoms with Crippen LogP contribution in [0.4, 0.5) is 4.79 Å². The van der Waals surface area contributed by atoms with Crippen molar-refractivity contribution in [3.05, 3.63) is 95.1 Å². The number of carboxylic acid groups (broad SMARTS) is 1. The Hall–Kier alpha value is -3.60. The predicted molar refractivity (Wildman–Crippen MR) is 128 cm³/mol. The van der Waals surface area contributed by atoms with Gasteiger partial charge in [-0.2, -0.15) is 0 Å². The molecule has 0 radical (unpaired) electrons. The number of fused-ring (bicyclic) bond motifs is 3. The molecule has 0 spiro atoms. The second-order valence-corrected chi connectivity index (χ2v) is 8.83. The van der Waals surface area contributed by atoms with Gasteiger partial charge in [0.1, 0.15) is 12.6 Å². The zero-order chi connectivity index (χ0) is 23.5. The molecular formula is C28H29NO4. The molecule has 0 fully saturated rings. The first kappa shape index (κ1) is 22.6. The standard InChI is InChI=1S/C28H29NO4/c1-18(2)20-11-5-4-10-19(20)16-26(27(30)31)29(3)28(32)33-17-25-23-14-8-6-12-21(23)22-13-7-9-15-24(22)25/h4-15,18,25-26H,16-17H2,1-3H3,(H,30,31). The van der Waals surface area contributed by atoms with Crippen molar-refractivity contribution in [2.24, 2.45) is 0 Å². The van der Waals surface area contributed by atoms with E-state index in [1.165, 1.54) is 11.9 Å². The Morgan fingerprint density at radius 2 is 1.45 bits per heavy atom. The van der Waals surface area contributed by atoms with Gasteiger partial charge in [0.15, 0.2) is 0 Å². The quantitative estimate of drug-likeness (QED) is 0.510. The van der Waals surface area contributed by atoms with Gasteiger partial charge in [-0.1, -0.05) is 86.6 Å². The van der Waals surface area contributed by atoms with E-state index >= 15 is 0 Å². The summed E-state index contributed by atoms with van der Waals surface area (Å²) in [4.78, 5) is 26.2.